The Morgan fingerprint density at radius 1 is 1.04 bits per heavy atom. The highest BCUT2D eigenvalue weighted by Crippen LogP contribution is 2.27. The summed E-state index contributed by atoms with van der Waals surface area (Å²) in [5, 5.41) is 1.59. The number of aromatic amines is 1. The van der Waals surface area contributed by atoms with Crippen LogP contribution in [0.3, 0.4) is 0 Å². The molecular weight excluding hydrogens is 358 g/mol. The second-order valence-corrected chi connectivity index (χ2v) is 6.29. The van der Waals surface area contributed by atoms with Gasteiger partial charge in [-0.15, -0.1) is 0 Å². The highest BCUT2D eigenvalue weighted by Gasteiger charge is 2.23. The summed E-state index contributed by atoms with van der Waals surface area (Å²) in [6.45, 7) is 2.24. The first-order valence-electron chi connectivity index (χ1n) is 9.03. The van der Waals surface area contributed by atoms with Gasteiger partial charge in [0.15, 0.2) is 6.61 Å². The molecule has 28 heavy (non-hydrogen) atoms. The van der Waals surface area contributed by atoms with Crippen LogP contribution in [0.25, 0.3) is 21.9 Å². The average Bonchev–Trinajstić information content (AvgIpc) is 3.32. The summed E-state index contributed by atoms with van der Waals surface area (Å²) in [5.41, 5.74) is 2.55. The molecule has 0 spiro atoms. The minimum absolute atomic E-state index is 0.0707. The molecule has 0 radical (unpaired) electrons. The number of rotatable bonds is 7. The molecule has 2 aromatic heterocycles. The summed E-state index contributed by atoms with van der Waals surface area (Å²) in [7, 11) is 0. The van der Waals surface area contributed by atoms with Crippen LogP contribution >= 0.6 is 0 Å². The van der Waals surface area contributed by atoms with Crippen molar-refractivity contribution >= 4 is 33.6 Å². The van der Waals surface area contributed by atoms with E-state index in [0.717, 1.165) is 16.3 Å². The molecule has 0 unspecified atom stereocenters. The van der Waals surface area contributed by atoms with E-state index in [1.54, 1.807) is 12.3 Å². The van der Waals surface area contributed by atoms with E-state index in [0.29, 0.717) is 23.3 Å². The first kappa shape index (κ1) is 18.0. The van der Waals surface area contributed by atoms with Crippen LogP contribution in [0, 0.1) is 0 Å². The lowest BCUT2D eigenvalue weighted by molar-refractivity contribution is 0.0439. The SMILES string of the molecule is CCOCc1c(C(=O)OCC(=O)c2c[nH]c3ccccc23)oc2ccccc12. The second kappa shape index (κ2) is 7.70. The minimum atomic E-state index is -0.681. The summed E-state index contributed by atoms with van der Waals surface area (Å²) < 4.78 is 16.4. The number of Topliss-reactive ketones (excluding diaryl/α,β-unsaturated/α-hetero) is 1. The summed E-state index contributed by atoms with van der Waals surface area (Å²) in [6, 6.07) is 14.8. The number of ether oxygens (including phenoxy) is 2. The molecule has 1 N–H and O–H groups in total. The number of ketones is 1. The Hall–Kier alpha value is -3.38. The number of carbonyl (C=O) groups excluding carboxylic acids is 2. The van der Waals surface area contributed by atoms with Gasteiger partial charge in [-0.2, -0.15) is 0 Å². The molecule has 142 valence electrons. The summed E-state index contributed by atoms with van der Waals surface area (Å²) in [5.74, 6) is -0.895. The predicted molar refractivity (Wildman–Crippen MR) is 104 cm³/mol. The number of esters is 1. The van der Waals surface area contributed by atoms with Crippen LogP contribution < -0.4 is 0 Å². The smallest absolute Gasteiger partial charge is 0.375 e. The maximum absolute atomic E-state index is 12.6. The van der Waals surface area contributed by atoms with Crippen molar-refractivity contribution in [3.63, 3.8) is 0 Å². The van der Waals surface area contributed by atoms with Crippen molar-refractivity contribution in [2.24, 2.45) is 0 Å². The number of nitrogens with one attached hydrogen (secondary N) is 1. The van der Waals surface area contributed by atoms with E-state index in [9.17, 15) is 9.59 Å². The molecule has 2 aromatic carbocycles. The van der Waals surface area contributed by atoms with E-state index in [1.165, 1.54) is 0 Å². The third-order valence-corrected chi connectivity index (χ3v) is 4.56. The van der Waals surface area contributed by atoms with Crippen LogP contribution in [0.4, 0.5) is 0 Å². The lowest BCUT2D eigenvalue weighted by Gasteiger charge is -2.05. The predicted octanol–water partition coefficient (Wildman–Crippen LogP) is 4.49. The molecule has 6 heteroatoms. The fourth-order valence-corrected chi connectivity index (χ4v) is 3.19. The Kier molecular flexibility index (Phi) is 4.95. The number of furan rings is 1. The molecule has 6 nitrogen and oxygen atoms in total. The third kappa shape index (κ3) is 3.30. The van der Waals surface area contributed by atoms with Gasteiger partial charge in [0.2, 0.25) is 11.5 Å². The third-order valence-electron chi connectivity index (χ3n) is 4.56. The summed E-state index contributed by atoms with van der Waals surface area (Å²) in [6.07, 6.45) is 1.63. The van der Waals surface area contributed by atoms with Gasteiger partial charge in [0.1, 0.15) is 5.58 Å². The molecule has 0 saturated heterocycles. The Bertz CT molecular complexity index is 1150. The van der Waals surface area contributed by atoms with Crippen molar-refractivity contribution in [3.05, 3.63) is 71.6 Å². The van der Waals surface area contributed by atoms with Gasteiger partial charge in [-0.1, -0.05) is 36.4 Å². The zero-order valence-corrected chi connectivity index (χ0v) is 15.4. The molecular formula is C22H19NO5. The zero-order chi connectivity index (χ0) is 19.5. The van der Waals surface area contributed by atoms with Crippen molar-refractivity contribution in [1.82, 2.24) is 4.98 Å². The molecule has 0 atom stereocenters. The van der Waals surface area contributed by atoms with Gasteiger partial charge < -0.3 is 18.9 Å². The number of hydrogen-bond acceptors (Lipinski definition) is 5. The Morgan fingerprint density at radius 2 is 1.79 bits per heavy atom. The number of benzene rings is 2. The Morgan fingerprint density at radius 3 is 2.61 bits per heavy atom. The van der Waals surface area contributed by atoms with Gasteiger partial charge in [-0.3, -0.25) is 4.79 Å². The number of para-hydroxylation sites is 2. The summed E-state index contributed by atoms with van der Waals surface area (Å²) >= 11 is 0. The highest BCUT2D eigenvalue weighted by atomic mass is 16.5. The van der Waals surface area contributed by atoms with Gasteiger partial charge in [0.05, 0.1) is 6.61 Å². The quantitative estimate of drug-likeness (QED) is 0.379. The van der Waals surface area contributed by atoms with Gasteiger partial charge in [0, 0.05) is 40.2 Å². The van der Waals surface area contributed by atoms with Crippen LogP contribution in [0.1, 0.15) is 33.4 Å². The first-order valence-corrected chi connectivity index (χ1v) is 9.03. The topological polar surface area (TPSA) is 81.5 Å². The molecule has 4 rings (SSSR count). The Labute approximate surface area is 161 Å². The number of fused-ring (bicyclic) bond motifs is 2. The van der Waals surface area contributed by atoms with Crippen LogP contribution in [-0.2, 0) is 16.1 Å². The van der Waals surface area contributed by atoms with Gasteiger partial charge in [-0.25, -0.2) is 4.79 Å². The largest absolute Gasteiger partial charge is 0.451 e. The minimum Gasteiger partial charge on any atom is -0.451 e. The first-order chi connectivity index (χ1) is 13.7. The van der Waals surface area contributed by atoms with Crippen LogP contribution in [0.15, 0.2) is 59.1 Å². The molecule has 0 amide bonds. The van der Waals surface area contributed by atoms with E-state index >= 15 is 0 Å². The lowest BCUT2D eigenvalue weighted by atomic mass is 10.1. The molecule has 2 heterocycles. The zero-order valence-electron chi connectivity index (χ0n) is 15.4. The van der Waals surface area contributed by atoms with Gasteiger partial charge in [0.25, 0.3) is 0 Å². The van der Waals surface area contributed by atoms with Crippen molar-refractivity contribution < 1.29 is 23.5 Å². The molecule has 0 saturated carbocycles. The van der Waals surface area contributed by atoms with E-state index in [4.69, 9.17) is 13.9 Å². The van der Waals surface area contributed by atoms with Crippen LogP contribution in [-0.4, -0.2) is 30.0 Å². The highest BCUT2D eigenvalue weighted by molar-refractivity contribution is 6.09. The average molecular weight is 377 g/mol. The maximum Gasteiger partial charge on any atom is 0.375 e. The fourth-order valence-electron chi connectivity index (χ4n) is 3.19. The van der Waals surface area contributed by atoms with Crippen LogP contribution in [0.5, 0.6) is 0 Å². The monoisotopic (exact) mass is 377 g/mol. The number of H-pyrrole nitrogens is 1. The van der Waals surface area contributed by atoms with E-state index in [-0.39, 0.29) is 24.8 Å². The maximum atomic E-state index is 12.6. The van der Waals surface area contributed by atoms with Crippen LogP contribution in [0.2, 0.25) is 0 Å². The number of hydrogen-bond donors (Lipinski definition) is 1. The molecule has 0 bridgehead atoms. The van der Waals surface area contributed by atoms with Crippen molar-refractivity contribution in [1.29, 1.82) is 0 Å². The summed E-state index contributed by atoms with van der Waals surface area (Å²) in [4.78, 5) is 28.2. The normalized spacial score (nSPS) is 11.2. The fraction of sp³-hybridized carbons (Fsp3) is 0.182. The standard InChI is InChI=1S/C22H19NO5/c1-2-26-12-17-15-8-4-6-10-20(15)28-21(17)22(25)27-13-19(24)16-11-23-18-9-5-3-7-14(16)18/h3-11,23H,2,12-13H2,1H3. The van der Waals surface area contributed by atoms with E-state index in [2.05, 4.69) is 4.98 Å². The Balaban J connectivity index is 1.54. The number of carbonyl (C=O) groups is 2. The molecule has 4 aromatic rings. The lowest BCUT2D eigenvalue weighted by Crippen LogP contribution is -2.15. The number of aromatic nitrogens is 1. The van der Waals surface area contributed by atoms with Crippen molar-refractivity contribution in [2.75, 3.05) is 13.2 Å². The molecule has 0 aliphatic carbocycles. The molecule has 0 aliphatic heterocycles. The van der Waals surface area contributed by atoms with Gasteiger partial charge >= 0.3 is 5.97 Å². The molecule has 0 fully saturated rings. The van der Waals surface area contributed by atoms with Gasteiger partial charge in [-0.05, 0) is 19.1 Å². The van der Waals surface area contributed by atoms with E-state index < -0.39 is 5.97 Å². The second-order valence-electron chi connectivity index (χ2n) is 6.29. The van der Waals surface area contributed by atoms with Crippen molar-refractivity contribution in [2.45, 2.75) is 13.5 Å². The van der Waals surface area contributed by atoms with E-state index in [1.807, 2.05) is 49.4 Å². The van der Waals surface area contributed by atoms with Crippen molar-refractivity contribution in [3.8, 4) is 0 Å². The molecule has 0 aliphatic rings.